The minimum Gasteiger partial charge on any atom is -0.494 e. The topological polar surface area (TPSA) is 71.4 Å². The molecule has 0 fully saturated rings. The summed E-state index contributed by atoms with van der Waals surface area (Å²) < 4.78 is 11.9. The number of nitrogens with zero attached hydrogens (tertiary/aromatic N) is 2. The highest BCUT2D eigenvalue weighted by molar-refractivity contribution is 6.09. The quantitative estimate of drug-likeness (QED) is 0.497. The van der Waals surface area contributed by atoms with Crippen LogP contribution in [0.1, 0.15) is 30.1 Å². The highest BCUT2D eigenvalue weighted by Crippen LogP contribution is 2.50. The molecule has 6 nitrogen and oxygen atoms in total. The van der Waals surface area contributed by atoms with Crippen molar-refractivity contribution in [2.75, 3.05) is 24.7 Å². The van der Waals surface area contributed by atoms with E-state index >= 15 is 0 Å². The fourth-order valence-corrected chi connectivity index (χ4v) is 4.11. The number of aliphatic hydroxyl groups excluding tert-OH is 1. The smallest absolute Gasteiger partial charge is 0.259 e. The van der Waals surface area contributed by atoms with Gasteiger partial charge in [0.05, 0.1) is 12.3 Å². The van der Waals surface area contributed by atoms with Gasteiger partial charge in [-0.2, -0.15) is 0 Å². The summed E-state index contributed by atoms with van der Waals surface area (Å²) in [7, 11) is 0. The van der Waals surface area contributed by atoms with Crippen molar-refractivity contribution in [2.24, 2.45) is 4.99 Å². The number of hydrogen-bond acceptors (Lipinski definition) is 5. The second kappa shape index (κ2) is 8.78. The number of rotatable bonds is 9. The molecule has 0 radical (unpaired) electrons. The first-order valence-electron chi connectivity index (χ1n) is 10.4. The summed E-state index contributed by atoms with van der Waals surface area (Å²) in [5.74, 6) is 1.01. The molecular weight excluding hydrogens is 392 g/mol. The zero-order valence-electron chi connectivity index (χ0n) is 17.4. The fourth-order valence-electron chi connectivity index (χ4n) is 4.11. The molecule has 0 spiro atoms. The van der Waals surface area contributed by atoms with Crippen LogP contribution in [-0.4, -0.2) is 42.2 Å². The summed E-state index contributed by atoms with van der Waals surface area (Å²) in [6.07, 6.45) is 3.85. The lowest BCUT2D eigenvalue weighted by Crippen LogP contribution is -2.54. The highest BCUT2D eigenvalue weighted by Gasteiger charge is 2.57. The Kier molecular flexibility index (Phi) is 5.91. The van der Waals surface area contributed by atoms with Gasteiger partial charge in [-0.1, -0.05) is 30.4 Å². The normalized spacial score (nSPS) is 21.6. The second-order valence-corrected chi connectivity index (χ2v) is 7.55. The molecule has 2 aromatic carbocycles. The molecule has 160 valence electrons. The van der Waals surface area contributed by atoms with E-state index < -0.39 is 11.6 Å². The van der Waals surface area contributed by atoms with Crippen LogP contribution in [0.5, 0.6) is 5.75 Å². The molecule has 0 aliphatic carbocycles. The summed E-state index contributed by atoms with van der Waals surface area (Å²) >= 11 is 0. The number of anilines is 1. The van der Waals surface area contributed by atoms with E-state index in [9.17, 15) is 4.79 Å². The van der Waals surface area contributed by atoms with E-state index in [1.165, 1.54) is 0 Å². The molecule has 2 aromatic rings. The van der Waals surface area contributed by atoms with E-state index in [0.29, 0.717) is 37.6 Å². The van der Waals surface area contributed by atoms with Crippen molar-refractivity contribution in [3.8, 4) is 5.75 Å². The zero-order valence-corrected chi connectivity index (χ0v) is 17.4. The molecule has 0 unspecified atom stereocenters. The summed E-state index contributed by atoms with van der Waals surface area (Å²) in [4.78, 5) is 20.2. The molecule has 2 aliphatic rings. The van der Waals surface area contributed by atoms with E-state index in [1.807, 2.05) is 48.5 Å². The molecular formula is C25H26N2O4. The van der Waals surface area contributed by atoms with Crippen LogP contribution in [0.25, 0.3) is 0 Å². The third kappa shape index (κ3) is 3.64. The van der Waals surface area contributed by atoms with Gasteiger partial charge in [-0.15, -0.1) is 13.2 Å². The van der Waals surface area contributed by atoms with Crippen molar-refractivity contribution in [1.29, 1.82) is 0 Å². The molecule has 1 N–H and O–H groups in total. The number of ether oxygens (including phenoxy) is 2. The SMILES string of the molecule is C=CCN1C(=O)[C@@]2(CC=C)N=C(c3ccc(OCCCO)cc3)O[C@H]2c2ccccc21. The van der Waals surface area contributed by atoms with Crippen LogP contribution in [0.15, 0.2) is 78.8 Å². The van der Waals surface area contributed by atoms with Crippen molar-refractivity contribution in [3.05, 3.63) is 85.0 Å². The average molecular weight is 418 g/mol. The van der Waals surface area contributed by atoms with E-state index in [0.717, 1.165) is 16.8 Å². The molecule has 0 aromatic heterocycles. The Balaban J connectivity index is 1.71. The number of benzene rings is 2. The maximum absolute atomic E-state index is 13.7. The van der Waals surface area contributed by atoms with Crippen molar-refractivity contribution in [1.82, 2.24) is 0 Å². The first-order chi connectivity index (χ1) is 15.1. The number of carbonyl (C=O) groups excluding carboxylic acids is 1. The first kappa shape index (κ1) is 20.9. The summed E-state index contributed by atoms with van der Waals surface area (Å²) in [5.41, 5.74) is 1.42. The van der Waals surface area contributed by atoms with Crippen LogP contribution >= 0.6 is 0 Å². The van der Waals surface area contributed by atoms with E-state index in [-0.39, 0.29) is 12.5 Å². The van der Waals surface area contributed by atoms with Gasteiger partial charge in [-0.05, 0) is 30.3 Å². The van der Waals surface area contributed by atoms with Gasteiger partial charge in [0.25, 0.3) is 5.91 Å². The summed E-state index contributed by atoms with van der Waals surface area (Å²) in [6, 6.07) is 15.2. The minimum absolute atomic E-state index is 0.0911. The van der Waals surface area contributed by atoms with Gasteiger partial charge in [-0.3, -0.25) is 4.79 Å². The van der Waals surface area contributed by atoms with Crippen LogP contribution in [0.2, 0.25) is 0 Å². The number of para-hydroxylation sites is 1. The molecule has 0 bridgehead atoms. The Morgan fingerprint density at radius 1 is 1.16 bits per heavy atom. The maximum Gasteiger partial charge on any atom is 0.259 e. The Morgan fingerprint density at radius 2 is 1.94 bits per heavy atom. The highest BCUT2D eigenvalue weighted by atomic mass is 16.5. The molecule has 2 aliphatic heterocycles. The van der Waals surface area contributed by atoms with E-state index in [1.54, 1.807) is 17.1 Å². The lowest BCUT2D eigenvalue weighted by atomic mass is 9.80. The Bertz CT molecular complexity index is 1010. The molecule has 31 heavy (non-hydrogen) atoms. The molecule has 4 rings (SSSR count). The number of fused-ring (bicyclic) bond motifs is 3. The van der Waals surface area contributed by atoms with Gasteiger partial charge in [0, 0.05) is 37.1 Å². The summed E-state index contributed by atoms with van der Waals surface area (Å²) in [6.45, 7) is 8.61. The number of aliphatic imine (C=N–C) groups is 1. The van der Waals surface area contributed by atoms with Crippen LogP contribution in [-0.2, 0) is 9.53 Å². The lowest BCUT2D eigenvalue weighted by Gasteiger charge is -2.41. The number of hydrogen-bond donors (Lipinski definition) is 1. The van der Waals surface area contributed by atoms with Crippen molar-refractivity contribution < 1.29 is 19.4 Å². The predicted molar refractivity (Wildman–Crippen MR) is 121 cm³/mol. The van der Waals surface area contributed by atoms with Crippen LogP contribution in [0.3, 0.4) is 0 Å². The summed E-state index contributed by atoms with van der Waals surface area (Å²) in [5, 5.41) is 8.89. The fraction of sp³-hybridized carbons (Fsp3) is 0.280. The lowest BCUT2D eigenvalue weighted by molar-refractivity contribution is -0.126. The standard InChI is InChI=1S/C25H26N2O4/c1-3-14-25-22(20-8-5-6-9-21(20)27(15-4-2)24(25)29)31-23(26-25)18-10-12-19(13-11-18)30-17-7-16-28/h3-6,8-13,22,28H,1-2,7,14-17H2/t22-,25-/m0/s1. The van der Waals surface area contributed by atoms with Gasteiger partial charge in [0.15, 0.2) is 11.6 Å². The molecule has 2 heterocycles. The van der Waals surface area contributed by atoms with Gasteiger partial charge in [-0.25, -0.2) is 4.99 Å². The Labute approximate surface area is 182 Å². The van der Waals surface area contributed by atoms with Crippen molar-refractivity contribution in [2.45, 2.75) is 24.5 Å². The predicted octanol–water partition coefficient (Wildman–Crippen LogP) is 3.81. The van der Waals surface area contributed by atoms with Gasteiger partial charge in [0.2, 0.25) is 5.90 Å². The Morgan fingerprint density at radius 3 is 2.65 bits per heavy atom. The Hall–Kier alpha value is -3.38. The minimum atomic E-state index is -1.09. The molecule has 2 atom stereocenters. The van der Waals surface area contributed by atoms with E-state index in [4.69, 9.17) is 19.6 Å². The molecule has 6 heteroatoms. The van der Waals surface area contributed by atoms with Crippen molar-refractivity contribution in [3.63, 3.8) is 0 Å². The first-order valence-corrected chi connectivity index (χ1v) is 10.4. The molecule has 0 saturated heterocycles. The van der Waals surface area contributed by atoms with Crippen LogP contribution in [0, 0.1) is 0 Å². The van der Waals surface area contributed by atoms with E-state index in [2.05, 4.69) is 13.2 Å². The molecule has 0 saturated carbocycles. The van der Waals surface area contributed by atoms with Gasteiger partial charge < -0.3 is 19.5 Å². The van der Waals surface area contributed by atoms with Crippen LogP contribution < -0.4 is 9.64 Å². The maximum atomic E-state index is 13.7. The second-order valence-electron chi connectivity index (χ2n) is 7.55. The largest absolute Gasteiger partial charge is 0.494 e. The number of carbonyl (C=O) groups is 1. The zero-order chi connectivity index (χ0) is 21.8. The van der Waals surface area contributed by atoms with Crippen molar-refractivity contribution >= 4 is 17.5 Å². The van der Waals surface area contributed by atoms with Gasteiger partial charge >= 0.3 is 0 Å². The average Bonchev–Trinajstić information content (AvgIpc) is 3.19. The third-order valence-corrected chi connectivity index (χ3v) is 5.53. The molecule has 1 amide bonds. The number of amides is 1. The van der Waals surface area contributed by atoms with Gasteiger partial charge in [0.1, 0.15) is 5.75 Å². The monoisotopic (exact) mass is 418 g/mol. The number of aliphatic hydroxyl groups is 1. The third-order valence-electron chi connectivity index (χ3n) is 5.53. The van der Waals surface area contributed by atoms with Crippen LogP contribution in [0.4, 0.5) is 5.69 Å².